The highest BCUT2D eigenvalue weighted by atomic mass is 35.5. The molecule has 4 heteroatoms. The van der Waals surface area contributed by atoms with E-state index in [1.165, 1.54) is 6.07 Å². The highest BCUT2D eigenvalue weighted by Gasteiger charge is 2.42. The average molecular weight is 267 g/mol. The van der Waals surface area contributed by atoms with Gasteiger partial charge in [-0.1, -0.05) is 0 Å². The smallest absolute Gasteiger partial charge is 0.128 e. The second-order valence-corrected chi connectivity index (χ2v) is 6.16. The van der Waals surface area contributed by atoms with Crippen LogP contribution in [0.3, 0.4) is 0 Å². The van der Waals surface area contributed by atoms with Crippen molar-refractivity contribution in [1.29, 1.82) is 0 Å². The molecule has 1 aliphatic carbocycles. The highest BCUT2D eigenvalue weighted by Crippen LogP contribution is 2.47. The lowest BCUT2D eigenvalue weighted by atomic mass is 10.2. The van der Waals surface area contributed by atoms with E-state index in [0.717, 1.165) is 24.2 Å². The first-order valence-corrected chi connectivity index (χ1v) is 6.69. The second-order valence-electron chi connectivity index (χ2n) is 5.51. The predicted octanol–water partition coefficient (Wildman–Crippen LogP) is 4.29. The van der Waals surface area contributed by atoms with Gasteiger partial charge in [0.15, 0.2) is 0 Å². The summed E-state index contributed by atoms with van der Waals surface area (Å²) in [4.78, 5) is 4.51. The van der Waals surface area contributed by atoms with Gasteiger partial charge in [-0.05, 0) is 45.2 Å². The number of nitrogens with zero attached hydrogens (tertiary/aromatic N) is 2. The van der Waals surface area contributed by atoms with Crippen LogP contribution in [0.5, 0.6) is 0 Å². The maximum Gasteiger partial charge on any atom is 0.128 e. The van der Waals surface area contributed by atoms with E-state index >= 15 is 0 Å². The number of hydrogen-bond acceptors (Lipinski definition) is 1. The first kappa shape index (κ1) is 12.0. The Balaban J connectivity index is 2.35. The van der Waals surface area contributed by atoms with E-state index < -0.39 is 0 Å². The van der Waals surface area contributed by atoms with Crippen LogP contribution in [0.15, 0.2) is 12.1 Å². The Morgan fingerprint density at radius 2 is 2.11 bits per heavy atom. The molecular formula is C14H16ClFN2. The van der Waals surface area contributed by atoms with Crippen LogP contribution in [0, 0.1) is 12.7 Å². The molecule has 1 aromatic carbocycles. The van der Waals surface area contributed by atoms with Gasteiger partial charge in [0.05, 0.1) is 16.4 Å². The summed E-state index contributed by atoms with van der Waals surface area (Å²) in [5, 5.41) is -0.168. The van der Waals surface area contributed by atoms with Crippen molar-refractivity contribution in [2.75, 3.05) is 0 Å². The minimum Gasteiger partial charge on any atom is -0.321 e. The summed E-state index contributed by atoms with van der Waals surface area (Å²) in [7, 11) is 0. The molecule has 1 atom stereocenters. The molecule has 2 aromatic rings. The van der Waals surface area contributed by atoms with Crippen molar-refractivity contribution in [1.82, 2.24) is 9.55 Å². The number of hydrogen-bond donors (Lipinski definition) is 0. The molecule has 0 aliphatic heterocycles. The zero-order chi connectivity index (χ0) is 13.1. The lowest BCUT2D eigenvalue weighted by Crippen LogP contribution is -2.16. The molecule has 18 heavy (non-hydrogen) atoms. The third-order valence-electron chi connectivity index (χ3n) is 3.83. The van der Waals surface area contributed by atoms with Gasteiger partial charge < -0.3 is 4.57 Å². The molecule has 1 heterocycles. The van der Waals surface area contributed by atoms with Gasteiger partial charge in [0.25, 0.3) is 0 Å². The fourth-order valence-corrected chi connectivity index (χ4v) is 2.61. The van der Waals surface area contributed by atoms with Gasteiger partial charge in [0, 0.05) is 11.6 Å². The van der Waals surface area contributed by atoms with Gasteiger partial charge in [-0.3, -0.25) is 0 Å². The van der Waals surface area contributed by atoms with Crippen LogP contribution < -0.4 is 0 Å². The van der Waals surface area contributed by atoms with Crippen LogP contribution in [-0.4, -0.2) is 9.55 Å². The minimum atomic E-state index is -0.207. The van der Waals surface area contributed by atoms with Crippen molar-refractivity contribution >= 4 is 22.6 Å². The van der Waals surface area contributed by atoms with Crippen LogP contribution in [0.25, 0.3) is 11.0 Å². The van der Waals surface area contributed by atoms with E-state index in [1.807, 2.05) is 13.0 Å². The first-order chi connectivity index (χ1) is 8.42. The summed E-state index contributed by atoms with van der Waals surface area (Å²) < 4.78 is 15.8. The molecule has 1 aliphatic rings. The van der Waals surface area contributed by atoms with Gasteiger partial charge in [0.1, 0.15) is 11.6 Å². The quantitative estimate of drug-likeness (QED) is 0.742. The normalized spacial score (nSPS) is 19.2. The Morgan fingerprint density at radius 3 is 2.67 bits per heavy atom. The Kier molecular flexibility index (Phi) is 2.46. The molecule has 1 unspecified atom stereocenters. The molecule has 0 amide bonds. The molecule has 3 rings (SSSR count). The Morgan fingerprint density at radius 1 is 1.44 bits per heavy atom. The molecule has 0 spiro atoms. The fourth-order valence-electron chi connectivity index (χ4n) is 2.46. The van der Waals surface area contributed by atoms with E-state index in [9.17, 15) is 4.39 Å². The summed E-state index contributed by atoms with van der Waals surface area (Å²) in [6, 6.07) is 3.39. The monoisotopic (exact) mass is 266 g/mol. The molecule has 0 radical (unpaired) electrons. The van der Waals surface area contributed by atoms with Gasteiger partial charge in [-0.15, -0.1) is 11.6 Å². The molecule has 0 bridgehead atoms. The molecule has 2 nitrogen and oxygen atoms in total. The van der Waals surface area contributed by atoms with Crippen molar-refractivity contribution in [3.05, 3.63) is 29.3 Å². The fraction of sp³-hybridized carbons (Fsp3) is 0.500. The van der Waals surface area contributed by atoms with Crippen LogP contribution in [0.1, 0.15) is 43.5 Å². The maximum absolute atomic E-state index is 13.6. The summed E-state index contributed by atoms with van der Waals surface area (Å²) in [5.41, 5.74) is 2.46. The van der Waals surface area contributed by atoms with Crippen LogP contribution in [0.4, 0.5) is 4.39 Å². The van der Waals surface area contributed by atoms with E-state index in [0.29, 0.717) is 11.1 Å². The van der Waals surface area contributed by atoms with Crippen molar-refractivity contribution in [2.24, 2.45) is 0 Å². The molecule has 1 aromatic heterocycles. The largest absolute Gasteiger partial charge is 0.321 e. The average Bonchev–Trinajstić information content (AvgIpc) is 2.90. The number of halogens is 2. The number of aryl methyl sites for hydroxylation is 1. The third-order valence-corrected chi connectivity index (χ3v) is 4.03. The standard InChI is InChI=1S/C14H16ClFN2/c1-8-6-12-11(7-10(8)16)17-13(9(2)15)18(12)14(3)4-5-14/h6-7,9H,4-5H2,1-3H3. The second kappa shape index (κ2) is 3.70. The molecule has 0 N–H and O–H groups in total. The number of alkyl halides is 1. The lowest BCUT2D eigenvalue weighted by molar-refractivity contribution is 0.522. The molecule has 96 valence electrons. The number of aromatic nitrogens is 2. The topological polar surface area (TPSA) is 17.8 Å². The Bertz CT molecular complexity index is 626. The Labute approximate surface area is 111 Å². The molecular weight excluding hydrogens is 251 g/mol. The number of benzene rings is 1. The van der Waals surface area contributed by atoms with Crippen LogP contribution in [-0.2, 0) is 5.54 Å². The van der Waals surface area contributed by atoms with Crippen LogP contribution in [0.2, 0.25) is 0 Å². The molecule has 1 saturated carbocycles. The van der Waals surface area contributed by atoms with Gasteiger partial charge in [-0.2, -0.15) is 0 Å². The van der Waals surface area contributed by atoms with Crippen molar-refractivity contribution < 1.29 is 4.39 Å². The minimum absolute atomic E-state index is 0.109. The zero-order valence-electron chi connectivity index (χ0n) is 10.8. The first-order valence-electron chi connectivity index (χ1n) is 6.25. The number of imidazole rings is 1. The van der Waals surface area contributed by atoms with Gasteiger partial charge >= 0.3 is 0 Å². The number of fused-ring (bicyclic) bond motifs is 1. The summed E-state index contributed by atoms with van der Waals surface area (Å²) >= 11 is 6.22. The number of rotatable bonds is 2. The molecule has 1 fully saturated rings. The van der Waals surface area contributed by atoms with E-state index in [4.69, 9.17) is 11.6 Å². The van der Waals surface area contributed by atoms with Crippen molar-refractivity contribution in [2.45, 2.75) is 44.5 Å². The highest BCUT2D eigenvalue weighted by molar-refractivity contribution is 6.20. The summed E-state index contributed by atoms with van der Waals surface area (Å²) in [5.74, 6) is 0.638. The van der Waals surface area contributed by atoms with Crippen molar-refractivity contribution in [3.63, 3.8) is 0 Å². The zero-order valence-corrected chi connectivity index (χ0v) is 11.6. The maximum atomic E-state index is 13.6. The Hall–Kier alpha value is -1.09. The SMILES string of the molecule is Cc1cc2c(cc1F)nc(C(C)Cl)n2C1(C)CC1. The molecule has 0 saturated heterocycles. The van der Waals surface area contributed by atoms with Crippen LogP contribution >= 0.6 is 11.6 Å². The van der Waals surface area contributed by atoms with E-state index in [-0.39, 0.29) is 16.7 Å². The van der Waals surface area contributed by atoms with E-state index in [2.05, 4.69) is 16.5 Å². The summed E-state index contributed by atoms with van der Waals surface area (Å²) in [6.07, 6.45) is 2.26. The van der Waals surface area contributed by atoms with Gasteiger partial charge in [0.2, 0.25) is 0 Å². The van der Waals surface area contributed by atoms with Crippen molar-refractivity contribution in [3.8, 4) is 0 Å². The predicted molar refractivity (Wildman–Crippen MR) is 71.6 cm³/mol. The lowest BCUT2D eigenvalue weighted by Gasteiger charge is -2.17. The van der Waals surface area contributed by atoms with Gasteiger partial charge in [-0.25, -0.2) is 9.37 Å². The van der Waals surface area contributed by atoms with E-state index in [1.54, 1.807) is 6.92 Å². The summed E-state index contributed by atoms with van der Waals surface area (Å²) in [6.45, 7) is 5.90. The third kappa shape index (κ3) is 1.64.